The van der Waals surface area contributed by atoms with E-state index in [1.807, 2.05) is 30.3 Å². The van der Waals surface area contributed by atoms with Gasteiger partial charge in [0, 0.05) is 0 Å². The van der Waals surface area contributed by atoms with E-state index in [1.54, 1.807) is 12.1 Å². The van der Waals surface area contributed by atoms with E-state index in [2.05, 4.69) is 50.2 Å². The number of phenolic OH excluding ortho intramolecular Hbond substituents is 1. The van der Waals surface area contributed by atoms with Crippen LogP contribution < -0.4 is 4.74 Å². The predicted molar refractivity (Wildman–Crippen MR) is 118 cm³/mol. The van der Waals surface area contributed by atoms with Crippen LogP contribution >= 0.6 is 0 Å². The zero-order valence-electron chi connectivity index (χ0n) is 16.7. The van der Waals surface area contributed by atoms with Crippen LogP contribution in [0, 0.1) is 0 Å². The van der Waals surface area contributed by atoms with Crippen molar-refractivity contribution in [3.8, 4) is 11.5 Å². The van der Waals surface area contributed by atoms with E-state index >= 15 is 0 Å². The predicted octanol–water partition coefficient (Wildman–Crippen LogP) is 6.94. The van der Waals surface area contributed by atoms with E-state index in [1.165, 1.54) is 16.7 Å². The standard InChI is InChI=1S/C26H28O2/c1-3-5-19-28-24-17-13-22(14-18-24)26(21-11-15-23(27)16-12-21)25(4-2)20-9-7-6-8-10-20/h6-18,27H,3-5,19H2,1-2H3/b26-25+. The highest BCUT2D eigenvalue weighted by Crippen LogP contribution is 2.35. The van der Waals surface area contributed by atoms with Crippen molar-refractivity contribution in [1.82, 2.24) is 0 Å². The summed E-state index contributed by atoms with van der Waals surface area (Å²) < 4.78 is 5.82. The van der Waals surface area contributed by atoms with Crippen molar-refractivity contribution < 1.29 is 9.84 Å². The molecule has 0 aliphatic heterocycles. The van der Waals surface area contributed by atoms with Crippen molar-refractivity contribution in [3.63, 3.8) is 0 Å². The molecular formula is C26H28O2. The van der Waals surface area contributed by atoms with Crippen molar-refractivity contribution in [1.29, 1.82) is 0 Å². The monoisotopic (exact) mass is 372 g/mol. The zero-order valence-corrected chi connectivity index (χ0v) is 16.7. The van der Waals surface area contributed by atoms with Gasteiger partial charge >= 0.3 is 0 Å². The van der Waals surface area contributed by atoms with Gasteiger partial charge in [-0.1, -0.05) is 74.9 Å². The molecule has 28 heavy (non-hydrogen) atoms. The van der Waals surface area contributed by atoms with Gasteiger partial charge in [-0.05, 0) is 64.9 Å². The molecule has 0 unspecified atom stereocenters. The molecule has 0 saturated carbocycles. The summed E-state index contributed by atoms with van der Waals surface area (Å²) in [4.78, 5) is 0. The summed E-state index contributed by atoms with van der Waals surface area (Å²) in [5, 5.41) is 9.73. The van der Waals surface area contributed by atoms with Gasteiger partial charge in [-0.2, -0.15) is 0 Å². The Bertz CT molecular complexity index is 891. The molecule has 0 bridgehead atoms. The number of ether oxygens (including phenoxy) is 1. The average molecular weight is 373 g/mol. The molecule has 2 nitrogen and oxygen atoms in total. The quantitative estimate of drug-likeness (QED) is 0.343. The Balaban J connectivity index is 2.06. The molecule has 0 fully saturated rings. The third-order valence-corrected chi connectivity index (χ3v) is 4.84. The Kier molecular flexibility index (Phi) is 6.91. The Morgan fingerprint density at radius 3 is 1.93 bits per heavy atom. The average Bonchev–Trinajstić information content (AvgIpc) is 2.74. The minimum Gasteiger partial charge on any atom is -0.508 e. The highest BCUT2D eigenvalue weighted by Gasteiger charge is 2.13. The molecule has 1 N–H and O–H groups in total. The minimum atomic E-state index is 0.278. The first kappa shape index (κ1) is 19.8. The molecule has 2 heteroatoms. The summed E-state index contributed by atoms with van der Waals surface area (Å²) in [6.45, 7) is 5.10. The fourth-order valence-corrected chi connectivity index (χ4v) is 3.36. The largest absolute Gasteiger partial charge is 0.508 e. The van der Waals surface area contributed by atoms with Crippen LogP contribution in [0.15, 0.2) is 78.9 Å². The Labute approximate surface area is 168 Å². The highest BCUT2D eigenvalue weighted by molar-refractivity contribution is 5.98. The number of rotatable bonds is 8. The molecule has 3 aromatic rings. The molecule has 0 spiro atoms. The van der Waals surface area contributed by atoms with Crippen LogP contribution in [0.1, 0.15) is 49.8 Å². The third-order valence-electron chi connectivity index (χ3n) is 4.84. The van der Waals surface area contributed by atoms with Crippen molar-refractivity contribution in [2.75, 3.05) is 6.61 Å². The van der Waals surface area contributed by atoms with Crippen LogP contribution in [0.5, 0.6) is 11.5 Å². The maximum absolute atomic E-state index is 9.73. The summed E-state index contributed by atoms with van der Waals surface area (Å²) in [6.07, 6.45) is 3.10. The fourth-order valence-electron chi connectivity index (χ4n) is 3.36. The number of hydrogen-bond donors (Lipinski definition) is 1. The van der Waals surface area contributed by atoms with Crippen LogP contribution in [-0.2, 0) is 0 Å². The molecule has 0 heterocycles. The number of allylic oxidation sites excluding steroid dienone is 1. The van der Waals surface area contributed by atoms with Gasteiger partial charge in [-0.25, -0.2) is 0 Å². The SMILES string of the molecule is CCCCOc1ccc(/C(=C(\CC)c2ccccc2)c2ccc(O)cc2)cc1. The lowest BCUT2D eigenvalue weighted by molar-refractivity contribution is 0.309. The van der Waals surface area contributed by atoms with Gasteiger partial charge < -0.3 is 9.84 Å². The van der Waals surface area contributed by atoms with Gasteiger partial charge in [0.05, 0.1) is 6.61 Å². The van der Waals surface area contributed by atoms with Crippen LogP contribution in [0.4, 0.5) is 0 Å². The van der Waals surface area contributed by atoms with Crippen LogP contribution in [-0.4, -0.2) is 11.7 Å². The second-order valence-electron chi connectivity index (χ2n) is 6.85. The number of unbranched alkanes of at least 4 members (excludes halogenated alkanes) is 1. The molecular weight excluding hydrogens is 344 g/mol. The molecule has 0 radical (unpaired) electrons. The molecule has 3 aromatic carbocycles. The Morgan fingerprint density at radius 1 is 0.750 bits per heavy atom. The van der Waals surface area contributed by atoms with Crippen molar-refractivity contribution in [2.24, 2.45) is 0 Å². The van der Waals surface area contributed by atoms with Crippen molar-refractivity contribution in [3.05, 3.63) is 95.6 Å². The normalized spacial score (nSPS) is 11.8. The number of hydrogen-bond acceptors (Lipinski definition) is 2. The number of benzene rings is 3. The molecule has 144 valence electrons. The first-order chi connectivity index (χ1) is 13.7. The Hall–Kier alpha value is -3.00. The maximum atomic E-state index is 9.73. The summed E-state index contributed by atoms with van der Waals surface area (Å²) in [7, 11) is 0. The molecule has 0 aromatic heterocycles. The number of aromatic hydroxyl groups is 1. The highest BCUT2D eigenvalue weighted by atomic mass is 16.5. The van der Waals surface area contributed by atoms with Crippen molar-refractivity contribution >= 4 is 11.1 Å². The second kappa shape index (κ2) is 9.80. The van der Waals surface area contributed by atoms with Crippen LogP contribution in [0.3, 0.4) is 0 Å². The van der Waals surface area contributed by atoms with Gasteiger partial charge in [0.15, 0.2) is 0 Å². The maximum Gasteiger partial charge on any atom is 0.119 e. The first-order valence-electron chi connectivity index (χ1n) is 10.0. The van der Waals surface area contributed by atoms with E-state index in [-0.39, 0.29) is 5.75 Å². The molecule has 0 aliphatic rings. The molecule has 3 rings (SSSR count). The Morgan fingerprint density at radius 2 is 1.36 bits per heavy atom. The van der Waals surface area contributed by atoms with Gasteiger partial charge in [0.2, 0.25) is 0 Å². The lowest BCUT2D eigenvalue weighted by Gasteiger charge is -2.17. The van der Waals surface area contributed by atoms with E-state index in [0.717, 1.165) is 42.7 Å². The summed E-state index contributed by atoms with van der Waals surface area (Å²) in [6, 6.07) is 26.3. The van der Waals surface area contributed by atoms with Crippen LogP contribution in [0.25, 0.3) is 11.1 Å². The topological polar surface area (TPSA) is 29.5 Å². The molecule has 0 aliphatic carbocycles. The summed E-state index contributed by atoms with van der Waals surface area (Å²) in [5.41, 5.74) is 5.93. The zero-order chi connectivity index (χ0) is 19.8. The molecule has 0 amide bonds. The van der Waals surface area contributed by atoms with E-state index in [9.17, 15) is 5.11 Å². The smallest absolute Gasteiger partial charge is 0.119 e. The van der Waals surface area contributed by atoms with Gasteiger partial charge in [0.1, 0.15) is 11.5 Å². The van der Waals surface area contributed by atoms with Crippen molar-refractivity contribution in [2.45, 2.75) is 33.1 Å². The van der Waals surface area contributed by atoms with E-state index in [0.29, 0.717) is 0 Å². The molecule has 0 atom stereocenters. The lowest BCUT2D eigenvalue weighted by Crippen LogP contribution is -1.98. The second-order valence-corrected chi connectivity index (χ2v) is 6.85. The first-order valence-corrected chi connectivity index (χ1v) is 10.0. The van der Waals surface area contributed by atoms with Gasteiger partial charge in [-0.3, -0.25) is 0 Å². The van der Waals surface area contributed by atoms with Gasteiger partial charge in [0.25, 0.3) is 0 Å². The summed E-state index contributed by atoms with van der Waals surface area (Å²) in [5.74, 6) is 1.18. The molecule has 0 saturated heterocycles. The van der Waals surface area contributed by atoms with E-state index < -0.39 is 0 Å². The van der Waals surface area contributed by atoms with E-state index in [4.69, 9.17) is 4.74 Å². The minimum absolute atomic E-state index is 0.278. The number of phenols is 1. The third kappa shape index (κ3) is 4.83. The fraction of sp³-hybridized carbons (Fsp3) is 0.231. The lowest BCUT2D eigenvalue weighted by atomic mass is 9.88. The summed E-state index contributed by atoms with van der Waals surface area (Å²) >= 11 is 0. The van der Waals surface area contributed by atoms with Gasteiger partial charge in [-0.15, -0.1) is 0 Å². The van der Waals surface area contributed by atoms with Crippen LogP contribution in [0.2, 0.25) is 0 Å².